The number of pyridine rings is 1. The Morgan fingerprint density at radius 3 is 2.59 bits per heavy atom. The molecule has 6 nitrogen and oxygen atoms in total. The largest absolute Gasteiger partial charge is 0.381 e. The lowest BCUT2D eigenvalue weighted by atomic mass is 10.0. The summed E-state index contributed by atoms with van der Waals surface area (Å²) in [6, 6.07) is 4.96. The molecule has 2 heterocycles. The predicted molar refractivity (Wildman–Crippen MR) is 101 cm³/mol. The molecular formula is C19H21FN4O2S. The third kappa shape index (κ3) is 3.37. The first kappa shape index (κ1) is 18.1. The summed E-state index contributed by atoms with van der Waals surface area (Å²) in [7, 11) is -3.15. The number of rotatable bonds is 4. The van der Waals surface area contributed by atoms with Gasteiger partial charge in [-0.05, 0) is 50.3 Å². The number of piperidine rings is 1. The Hall–Kier alpha value is -2.24. The van der Waals surface area contributed by atoms with Crippen LogP contribution >= 0.6 is 0 Å². The van der Waals surface area contributed by atoms with Gasteiger partial charge in [0.25, 0.3) is 0 Å². The molecule has 1 saturated heterocycles. The van der Waals surface area contributed by atoms with E-state index in [-0.39, 0.29) is 17.1 Å². The molecule has 1 aromatic heterocycles. The number of fused-ring (bicyclic) bond motifs is 1. The molecule has 1 aliphatic carbocycles. The quantitative estimate of drug-likeness (QED) is 0.870. The van der Waals surface area contributed by atoms with Gasteiger partial charge in [0.2, 0.25) is 10.0 Å². The molecule has 0 unspecified atom stereocenters. The maximum atomic E-state index is 13.9. The number of hydrogen-bond donors (Lipinski definition) is 1. The SMILES string of the molecule is Cc1cc(F)cc2c(NC3CCN(S(=O)(=O)C4CC4)CC3)c(C#N)cnc12. The third-order valence-electron chi connectivity index (χ3n) is 5.36. The third-order valence-corrected chi connectivity index (χ3v) is 7.75. The van der Waals surface area contributed by atoms with Crippen LogP contribution in [-0.2, 0) is 10.0 Å². The molecule has 27 heavy (non-hydrogen) atoms. The summed E-state index contributed by atoms with van der Waals surface area (Å²) < 4.78 is 40.3. The number of hydrogen-bond acceptors (Lipinski definition) is 5. The second-order valence-corrected chi connectivity index (χ2v) is 9.55. The second kappa shape index (κ2) is 6.73. The van der Waals surface area contributed by atoms with Gasteiger partial charge >= 0.3 is 0 Å². The van der Waals surface area contributed by atoms with Crippen molar-refractivity contribution in [1.82, 2.24) is 9.29 Å². The van der Waals surface area contributed by atoms with E-state index >= 15 is 0 Å². The van der Waals surface area contributed by atoms with Gasteiger partial charge in [-0.3, -0.25) is 4.98 Å². The highest BCUT2D eigenvalue weighted by atomic mass is 32.2. The van der Waals surface area contributed by atoms with Crippen LogP contribution in [0, 0.1) is 24.1 Å². The van der Waals surface area contributed by atoms with Crippen LogP contribution in [0.15, 0.2) is 18.3 Å². The van der Waals surface area contributed by atoms with E-state index in [0.29, 0.717) is 53.6 Å². The Labute approximate surface area is 158 Å². The fourth-order valence-electron chi connectivity index (χ4n) is 3.71. The normalized spacial score (nSPS) is 19.1. The average molecular weight is 388 g/mol. The van der Waals surface area contributed by atoms with Crippen molar-refractivity contribution in [3.63, 3.8) is 0 Å². The lowest BCUT2D eigenvalue weighted by molar-refractivity contribution is 0.329. The molecule has 2 aromatic rings. The highest BCUT2D eigenvalue weighted by Gasteiger charge is 2.41. The Balaban J connectivity index is 1.58. The van der Waals surface area contributed by atoms with Gasteiger partial charge in [-0.2, -0.15) is 5.26 Å². The lowest BCUT2D eigenvalue weighted by Gasteiger charge is -2.32. The summed E-state index contributed by atoms with van der Waals surface area (Å²) in [6.07, 6.45) is 4.33. The number of sulfonamides is 1. The van der Waals surface area contributed by atoms with E-state index in [2.05, 4.69) is 16.4 Å². The zero-order chi connectivity index (χ0) is 19.2. The van der Waals surface area contributed by atoms with Crippen LogP contribution in [0.5, 0.6) is 0 Å². The highest BCUT2D eigenvalue weighted by molar-refractivity contribution is 7.90. The van der Waals surface area contributed by atoms with Gasteiger partial charge in [-0.15, -0.1) is 0 Å². The lowest BCUT2D eigenvalue weighted by Crippen LogP contribution is -2.43. The second-order valence-electron chi connectivity index (χ2n) is 7.34. The van der Waals surface area contributed by atoms with Crippen LogP contribution in [0.2, 0.25) is 0 Å². The standard InChI is InChI=1S/C19H21FN4O2S/c1-12-8-14(20)9-17-18(12)22-11-13(10-21)19(17)23-15-4-6-24(7-5-15)27(25,26)16-2-3-16/h8-9,11,15-16H,2-7H2,1H3,(H,22,23). The monoisotopic (exact) mass is 388 g/mol. The van der Waals surface area contributed by atoms with Gasteiger partial charge < -0.3 is 5.32 Å². The Morgan fingerprint density at radius 2 is 1.96 bits per heavy atom. The molecule has 0 spiro atoms. The molecule has 1 saturated carbocycles. The topological polar surface area (TPSA) is 86.1 Å². The summed E-state index contributed by atoms with van der Waals surface area (Å²) >= 11 is 0. The van der Waals surface area contributed by atoms with Crippen molar-refractivity contribution >= 4 is 26.6 Å². The summed E-state index contributed by atoms with van der Waals surface area (Å²) in [5.41, 5.74) is 2.31. The van der Waals surface area contributed by atoms with Gasteiger partial charge in [0.15, 0.2) is 0 Å². The minimum atomic E-state index is -3.15. The number of benzene rings is 1. The van der Waals surface area contributed by atoms with E-state index in [1.165, 1.54) is 18.3 Å². The van der Waals surface area contributed by atoms with Gasteiger partial charge in [0, 0.05) is 30.7 Å². The first-order chi connectivity index (χ1) is 12.9. The zero-order valence-electron chi connectivity index (χ0n) is 15.1. The van der Waals surface area contributed by atoms with Gasteiger partial charge in [0.1, 0.15) is 11.9 Å². The van der Waals surface area contributed by atoms with Crippen LogP contribution in [0.25, 0.3) is 10.9 Å². The van der Waals surface area contributed by atoms with Gasteiger partial charge in [-0.25, -0.2) is 17.1 Å². The number of aromatic nitrogens is 1. The van der Waals surface area contributed by atoms with Crippen molar-refractivity contribution in [3.05, 3.63) is 35.3 Å². The Morgan fingerprint density at radius 1 is 1.26 bits per heavy atom. The minimum Gasteiger partial charge on any atom is -0.381 e. The number of halogens is 1. The molecular weight excluding hydrogens is 367 g/mol. The van der Waals surface area contributed by atoms with Crippen molar-refractivity contribution in [2.75, 3.05) is 18.4 Å². The average Bonchev–Trinajstić information content (AvgIpc) is 3.48. The minimum absolute atomic E-state index is 0.0249. The van der Waals surface area contributed by atoms with Crippen LogP contribution < -0.4 is 5.32 Å². The maximum absolute atomic E-state index is 13.9. The van der Waals surface area contributed by atoms with E-state index in [0.717, 1.165) is 12.8 Å². The highest BCUT2D eigenvalue weighted by Crippen LogP contribution is 2.34. The summed E-state index contributed by atoms with van der Waals surface area (Å²) in [6.45, 7) is 2.72. The smallest absolute Gasteiger partial charge is 0.216 e. The van der Waals surface area contributed by atoms with E-state index in [4.69, 9.17) is 0 Å². The van der Waals surface area contributed by atoms with E-state index in [1.807, 2.05) is 0 Å². The zero-order valence-corrected chi connectivity index (χ0v) is 15.9. The van der Waals surface area contributed by atoms with Crippen molar-refractivity contribution in [2.24, 2.45) is 0 Å². The first-order valence-corrected chi connectivity index (χ1v) is 10.6. The summed E-state index contributed by atoms with van der Waals surface area (Å²) in [5.74, 6) is -0.370. The van der Waals surface area contributed by atoms with Crippen molar-refractivity contribution in [2.45, 2.75) is 43.9 Å². The number of anilines is 1. The number of nitrogens with one attached hydrogen (secondary N) is 1. The first-order valence-electron chi connectivity index (χ1n) is 9.14. The molecule has 1 N–H and O–H groups in total. The van der Waals surface area contributed by atoms with Crippen LogP contribution in [0.3, 0.4) is 0 Å². The van der Waals surface area contributed by atoms with Crippen molar-refractivity contribution < 1.29 is 12.8 Å². The van der Waals surface area contributed by atoms with Crippen LogP contribution in [0.4, 0.5) is 10.1 Å². The predicted octanol–water partition coefficient (Wildman–Crippen LogP) is 2.92. The van der Waals surface area contributed by atoms with Gasteiger partial charge in [0.05, 0.1) is 22.0 Å². The molecule has 1 aliphatic heterocycles. The molecule has 2 aliphatic rings. The molecule has 8 heteroatoms. The number of nitrogens with zero attached hydrogens (tertiary/aromatic N) is 3. The molecule has 142 valence electrons. The Kier molecular flexibility index (Phi) is 4.52. The fourth-order valence-corrected chi connectivity index (χ4v) is 5.59. The number of aryl methyl sites for hydroxylation is 1. The molecule has 0 atom stereocenters. The summed E-state index contributed by atoms with van der Waals surface area (Å²) in [5, 5.41) is 13.2. The van der Waals surface area contributed by atoms with Crippen molar-refractivity contribution in [3.8, 4) is 6.07 Å². The van der Waals surface area contributed by atoms with E-state index in [1.54, 1.807) is 11.2 Å². The van der Waals surface area contributed by atoms with Gasteiger partial charge in [-0.1, -0.05) is 0 Å². The molecule has 0 bridgehead atoms. The maximum Gasteiger partial charge on any atom is 0.216 e. The van der Waals surface area contributed by atoms with E-state index in [9.17, 15) is 18.1 Å². The molecule has 4 rings (SSSR count). The number of nitriles is 1. The van der Waals surface area contributed by atoms with Crippen LogP contribution in [-0.4, -0.2) is 42.1 Å². The molecule has 1 aromatic carbocycles. The molecule has 0 amide bonds. The van der Waals surface area contributed by atoms with Crippen LogP contribution in [0.1, 0.15) is 36.8 Å². The molecule has 2 fully saturated rings. The van der Waals surface area contributed by atoms with Crippen molar-refractivity contribution in [1.29, 1.82) is 5.26 Å². The molecule has 0 radical (unpaired) electrons. The van der Waals surface area contributed by atoms with E-state index < -0.39 is 10.0 Å². The Bertz CT molecular complexity index is 1040. The fraction of sp³-hybridized carbons (Fsp3) is 0.474. The summed E-state index contributed by atoms with van der Waals surface area (Å²) in [4.78, 5) is 4.30.